The summed E-state index contributed by atoms with van der Waals surface area (Å²) in [5, 5.41) is 0.720. The minimum Gasteiger partial charge on any atom is -0.309 e. The summed E-state index contributed by atoms with van der Waals surface area (Å²) in [6.07, 6.45) is 5.73. The first-order valence-electron chi connectivity index (χ1n) is 16.7. The third-order valence-corrected chi connectivity index (χ3v) is 9.50. The van der Waals surface area contributed by atoms with E-state index in [1.54, 1.807) is 0 Å². The lowest BCUT2D eigenvalue weighted by atomic mass is 9.90. The van der Waals surface area contributed by atoms with Gasteiger partial charge >= 0.3 is 0 Å². The molecule has 2 aliphatic rings. The molecule has 5 rings (SSSR count). The number of piperidine rings is 2. The van der Waals surface area contributed by atoms with Gasteiger partial charge in [0.15, 0.2) is 0 Å². The van der Waals surface area contributed by atoms with Crippen molar-refractivity contribution in [3.63, 3.8) is 0 Å². The van der Waals surface area contributed by atoms with Crippen LogP contribution in [0.15, 0.2) is 53.3 Å². The van der Waals surface area contributed by atoms with Crippen LogP contribution < -0.4 is 10.5 Å². The largest absolute Gasteiger partial charge is 0.309 e. The molecule has 0 spiro atoms. The van der Waals surface area contributed by atoms with Crippen LogP contribution in [-0.2, 0) is 17.9 Å². The molecule has 0 saturated carbocycles. The second kappa shape index (κ2) is 14.2. The van der Waals surface area contributed by atoms with Crippen LogP contribution in [-0.4, -0.2) is 57.5 Å². The van der Waals surface area contributed by atoms with E-state index < -0.39 is 0 Å². The number of rotatable bonds is 10. The molecule has 43 heavy (non-hydrogen) atoms. The molecule has 3 atom stereocenters. The molecule has 3 aromatic rings. The zero-order valence-corrected chi connectivity index (χ0v) is 27.0. The highest BCUT2D eigenvalue weighted by atomic mass is 16.2. The molecular weight excluding hydrogens is 534 g/mol. The normalized spacial score (nSPS) is 21.2. The van der Waals surface area contributed by atoms with Crippen molar-refractivity contribution in [1.29, 1.82) is 0 Å². The van der Waals surface area contributed by atoms with Crippen molar-refractivity contribution in [2.24, 2.45) is 11.8 Å². The second-order valence-corrected chi connectivity index (χ2v) is 13.0. The number of hydrogen-bond donors (Lipinski definition) is 0. The van der Waals surface area contributed by atoms with Gasteiger partial charge in [-0.25, -0.2) is 4.98 Å². The highest BCUT2D eigenvalue weighted by Gasteiger charge is 2.31. The molecule has 2 aromatic carbocycles. The molecule has 7 nitrogen and oxygen atoms in total. The monoisotopic (exact) mass is 585 g/mol. The predicted molar refractivity (Wildman–Crippen MR) is 176 cm³/mol. The van der Waals surface area contributed by atoms with Gasteiger partial charge in [-0.3, -0.25) is 24.0 Å². The molecule has 232 valence electrons. The first kappa shape index (κ1) is 31.4. The Hall–Kier alpha value is -3.03. The number of benzene rings is 2. The van der Waals surface area contributed by atoms with Gasteiger partial charge in [-0.15, -0.1) is 0 Å². The van der Waals surface area contributed by atoms with Crippen LogP contribution in [0.25, 0.3) is 10.9 Å². The van der Waals surface area contributed by atoms with E-state index in [1.165, 1.54) is 6.42 Å². The molecule has 0 bridgehead atoms. The van der Waals surface area contributed by atoms with Gasteiger partial charge in [-0.1, -0.05) is 58.4 Å². The van der Waals surface area contributed by atoms with Crippen molar-refractivity contribution >= 4 is 22.5 Å². The Balaban J connectivity index is 1.34. The molecule has 2 aliphatic heterocycles. The van der Waals surface area contributed by atoms with E-state index in [1.807, 2.05) is 46.7 Å². The summed E-state index contributed by atoms with van der Waals surface area (Å²) in [5.74, 6) is 2.43. The number of fused-ring (bicyclic) bond motifs is 1. The average molecular weight is 586 g/mol. The van der Waals surface area contributed by atoms with Crippen molar-refractivity contribution in [1.82, 2.24) is 19.4 Å². The minimum absolute atomic E-state index is 0.0823. The summed E-state index contributed by atoms with van der Waals surface area (Å²) in [6.45, 7) is 16.3. The molecule has 1 amide bonds. The second-order valence-electron chi connectivity index (χ2n) is 13.0. The number of anilines is 1. The number of para-hydroxylation sites is 1. The predicted octanol–water partition coefficient (Wildman–Crippen LogP) is 6.64. The van der Waals surface area contributed by atoms with Crippen LogP contribution in [0.2, 0.25) is 0 Å². The van der Waals surface area contributed by atoms with Gasteiger partial charge in [0, 0.05) is 57.4 Å². The first-order chi connectivity index (χ1) is 20.8. The van der Waals surface area contributed by atoms with Crippen LogP contribution in [0.3, 0.4) is 0 Å². The highest BCUT2D eigenvalue weighted by molar-refractivity contribution is 5.93. The van der Waals surface area contributed by atoms with E-state index >= 15 is 0 Å². The third-order valence-electron chi connectivity index (χ3n) is 9.50. The van der Waals surface area contributed by atoms with Crippen LogP contribution in [0.5, 0.6) is 0 Å². The molecule has 0 N–H and O–H groups in total. The molecule has 7 heteroatoms. The van der Waals surface area contributed by atoms with Gasteiger partial charge in [0.1, 0.15) is 5.82 Å². The molecule has 2 saturated heterocycles. The summed E-state index contributed by atoms with van der Waals surface area (Å²) in [6, 6.07) is 16.7. The van der Waals surface area contributed by atoms with E-state index in [0.717, 1.165) is 86.4 Å². The van der Waals surface area contributed by atoms with Crippen molar-refractivity contribution in [3.8, 4) is 0 Å². The Kier molecular flexibility index (Phi) is 10.3. The molecule has 3 heterocycles. The maximum atomic E-state index is 13.9. The number of carbonyl (C=O) groups excluding carboxylic acids is 1. The number of hydrogen-bond acceptors (Lipinski definition) is 5. The zero-order chi connectivity index (χ0) is 30.5. The zero-order valence-electron chi connectivity index (χ0n) is 27.0. The Bertz CT molecular complexity index is 1420. The van der Waals surface area contributed by atoms with E-state index in [9.17, 15) is 9.59 Å². The number of amides is 1. The average Bonchev–Trinajstić information content (AvgIpc) is 3.01. The number of aromatic nitrogens is 2. The fraction of sp³-hybridized carbons (Fsp3) is 0.583. The van der Waals surface area contributed by atoms with E-state index in [4.69, 9.17) is 4.98 Å². The molecular formula is C36H51N5O2. The van der Waals surface area contributed by atoms with Crippen molar-refractivity contribution in [3.05, 3.63) is 70.3 Å². The standard InChI is InChI=1S/C36H51N5O2/c1-6-12-33(39-23-26(4)21-27(5)24-39)35-37-32-16-15-28(22-31(32)36(43)40(35)8-3)25-38-19-17-30(18-20-38)41(34(42)7-2)29-13-10-9-11-14-29/h9-11,13-16,22,26-27,30,33H,6-8,12,17-21,23-25H2,1-5H3/t26-,27+,33?. The van der Waals surface area contributed by atoms with E-state index in [-0.39, 0.29) is 23.6 Å². The summed E-state index contributed by atoms with van der Waals surface area (Å²) in [7, 11) is 0. The van der Waals surface area contributed by atoms with E-state index in [0.29, 0.717) is 24.8 Å². The Morgan fingerprint density at radius 3 is 2.33 bits per heavy atom. The molecule has 1 unspecified atom stereocenters. The van der Waals surface area contributed by atoms with Gasteiger partial charge in [0.2, 0.25) is 5.91 Å². The van der Waals surface area contributed by atoms with Gasteiger partial charge in [0.25, 0.3) is 5.56 Å². The Labute approximate surface area is 257 Å². The molecule has 2 fully saturated rings. The maximum Gasteiger partial charge on any atom is 0.261 e. The molecule has 0 radical (unpaired) electrons. The topological polar surface area (TPSA) is 61.7 Å². The molecule has 0 aliphatic carbocycles. The number of likely N-dealkylation sites (tertiary alicyclic amines) is 2. The lowest BCUT2D eigenvalue weighted by Gasteiger charge is -2.40. The van der Waals surface area contributed by atoms with Crippen LogP contribution in [0, 0.1) is 11.8 Å². The van der Waals surface area contributed by atoms with Crippen LogP contribution >= 0.6 is 0 Å². The number of nitrogens with zero attached hydrogens (tertiary/aromatic N) is 5. The maximum absolute atomic E-state index is 13.9. The number of carbonyl (C=O) groups is 1. The van der Waals surface area contributed by atoms with Crippen molar-refractivity contribution in [2.45, 2.75) is 98.3 Å². The van der Waals surface area contributed by atoms with E-state index in [2.05, 4.69) is 55.7 Å². The van der Waals surface area contributed by atoms with Crippen LogP contribution in [0.4, 0.5) is 5.69 Å². The summed E-state index contributed by atoms with van der Waals surface area (Å²) in [5.41, 5.74) is 3.03. The summed E-state index contributed by atoms with van der Waals surface area (Å²) in [4.78, 5) is 39.1. The first-order valence-corrected chi connectivity index (χ1v) is 16.7. The summed E-state index contributed by atoms with van der Waals surface area (Å²) >= 11 is 0. The summed E-state index contributed by atoms with van der Waals surface area (Å²) < 4.78 is 1.94. The van der Waals surface area contributed by atoms with Crippen molar-refractivity contribution < 1.29 is 4.79 Å². The van der Waals surface area contributed by atoms with Gasteiger partial charge in [-0.2, -0.15) is 0 Å². The van der Waals surface area contributed by atoms with Crippen LogP contribution in [0.1, 0.15) is 90.6 Å². The van der Waals surface area contributed by atoms with Gasteiger partial charge < -0.3 is 4.90 Å². The smallest absolute Gasteiger partial charge is 0.261 e. The highest BCUT2D eigenvalue weighted by Crippen LogP contribution is 2.32. The van der Waals surface area contributed by atoms with Crippen molar-refractivity contribution in [2.75, 3.05) is 31.1 Å². The molecule has 1 aromatic heterocycles. The fourth-order valence-corrected chi connectivity index (χ4v) is 7.57. The Morgan fingerprint density at radius 1 is 1.00 bits per heavy atom. The van der Waals surface area contributed by atoms with Gasteiger partial charge in [-0.05, 0) is 74.3 Å². The fourth-order valence-electron chi connectivity index (χ4n) is 7.57. The quantitative estimate of drug-likeness (QED) is 0.267. The minimum atomic E-state index is 0.0823. The Morgan fingerprint density at radius 2 is 1.70 bits per heavy atom. The SMILES string of the molecule is CCCC(c1nc2ccc(CN3CCC(N(C(=O)CC)c4ccccc4)CC3)cc2c(=O)n1CC)N1C[C@H](C)C[C@H](C)C1. The third kappa shape index (κ3) is 7.04. The lowest BCUT2D eigenvalue weighted by molar-refractivity contribution is -0.119. The lowest BCUT2D eigenvalue weighted by Crippen LogP contribution is -2.47. The van der Waals surface area contributed by atoms with Gasteiger partial charge in [0.05, 0.1) is 16.9 Å².